The molecular weight excluding hydrogens is 396 g/mol. The van der Waals surface area contributed by atoms with Crippen LogP contribution in [-0.4, -0.2) is 10.6 Å². The van der Waals surface area contributed by atoms with Crippen LogP contribution >= 0.6 is 0 Å². The monoisotopic (exact) mass is 419 g/mol. The first-order chi connectivity index (χ1) is 14.7. The fraction of sp³-hybridized carbons (Fsp3) is 0.231. The summed E-state index contributed by atoms with van der Waals surface area (Å²) in [5.74, 6) is -2.83. The van der Waals surface area contributed by atoms with Crippen LogP contribution in [0.4, 0.5) is 14.5 Å². The van der Waals surface area contributed by atoms with Gasteiger partial charge in [-0.25, -0.2) is 8.78 Å². The highest BCUT2D eigenvalue weighted by atomic mass is 19.1. The lowest BCUT2D eigenvalue weighted by molar-refractivity contribution is -0.148. The molecule has 0 aromatic heterocycles. The lowest BCUT2D eigenvalue weighted by Gasteiger charge is -2.41. The smallest absolute Gasteiger partial charge is 0.240 e. The first kappa shape index (κ1) is 19.8. The number of nitrogens with one attached hydrogen (secondary N) is 1. The van der Waals surface area contributed by atoms with E-state index in [1.807, 2.05) is 19.1 Å². The molecule has 1 unspecified atom stereocenters. The minimum absolute atomic E-state index is 0.000385. The molecule has 2 aliphatic rings. The van der Waals surface area contributed by atoms with Crippen molar-refractivity contribution in [3.8, 4) is 16.9 Å². The van der Waals surface area contributed by atoms with Crippen molar-refractivity contribution in [1.29, 1.82) is 0 Å². The Hall–Kier alpha value is -3.18. The number of fused-ring (bicyclic) bond motifs is 5. The van der Waals surface area contributed by atoms with Gasteiger partial charge < -0.3 is 15.2 Å². The molecule has 158 valence electrons. The molecule has 31 heavy (non-hydrogen) atoms. The summed E-state index contributed by atoms with van der Waals surface area (Å²) in [7, 11) is 0. The summed E-state index contributed by atoms with van der Waals surface area (Å²) in [6.45, 7) is 6.13. The Bertz CT molecular complexity index is 1250. The third kappa shape index (κ3) is 3.20. The van der Waals surface area contributed by atoms with E-state index in [-0.39, 0.29) is 17.7 Å². The Balaban J connectivity index is 1.79. The third-order valence-electron chi connectivity index (χ3n) is 5.89. The Morgan fingerprint density at radius 3 is 2.55 bits per heavy atom. The zero-order chi connectivity index (χ0) is 22.0. The maximum Gasteiger partial charge on any atom is 0.240 e. The quantitative estimate of drug-likeness (QED) is 0.534. The number of anilines is 1. The van der Waals surface area contributed by atoms with Crippen molar-refractivity contribution in [2.45, 2.75) is 38.5 Å². The molecule has 3 aromatic rings. The number of allylic oxidation sites excluding steroid dienone is 1. The second-order valence-corrected chi connectivity index (χ2v) is 8.89. The second-order valence-electron chi connectivity index (χ2n) is 8.89. The van der Waals surface area contributed by atoms with Crippen LogP contribution in [0.25, 0.3) is 16.7 Å². The summed E-state index contributed by atoms with van der Waals surface area (Å²) in [6.07, 6.45) is 2.07. The van der Waals surface area contributed by atoms with E-state index < -0.39 is 17.4 Å². The molecule has 3 nitrogen and oxygen atoms in total. The zero-order valence-corrected chi connectivity index (χ0v) is 17.6. The van der Waals surface area contributed by atoms with Gasteiger partial charge in [-0.15, -0.1) is 0 Å². The van der Waals surface area contributed by atoms with Crippen LogP contribution in [0.1, 0.15) is 37.5 Å². The molecule has 0 radical (unpaired) electrons. The van der Waals surface area contributed by atoms with Crippen LogP contribution in [0, 0.1) is 11.6 Å². The van der Waals surface area contributed by atoms with E-state index in [0.29, 0.717) is 22.3 Å². The normalized spacial score (nSPS) is 20.5. The highest BCUT2D eigenvalue weighted by Crippen LogP contribution is 2.51. The first-order valence-corrected chi connectivity index (χ1v) is 10.3. The minimum atomic E-state index is -1.87. The second kappa shape index (κ2) is 6.66. The largest absolute Gasteiger partial charge is 0.454 e. The van der Waals surface area contributed by atoms with E-state index >= 15 is 0 Å². The van der Waals surface area contributed by atoms with Crippen molar-refractivity contribution >= 4 is 11.3 Å². The fourth-order valence-electron chi connectivity index (χ4n) is 4.84. The minimum Gasteiger partial charge on any atom is -0.454 e. The van der Waals surface area contributed by atoms with Gasteiger partial charge in [0.1, 0.15) is 5.82 Å². The van der Waals surface area contributed by atoms with Crippen LogP contribution in [0.15, 0.2) is 60.7 Å². The molecular formula is C26H23F2NO2. The Morgan fingerprint density at radius 2 is 1.77 bits per heavy atom. The van der Waals surface area contributed by atoms with Crippen molar-refractivity contribution in [2.24, 2.45) is 0 Å². The molecule has 0 spiro atoms. The van der Waals surface area contributed by atoms with Gasteiger partial charge >= 0.3 is 0 Å². The van der Waals surface area contributed by atoms with E-state index in [4.69, 9.17) is 4.74 Å². The number of para-hydroxylation sites is 1. The predicted molar refractivity (Wildman–Crippen MR) is 118 cm³/mol. The molecule has 0 saturated carbocycles. The number of hydrogen-bond donors (Lipinski definition) is 2. The number of benzene rings is 3. The summed E-state index contributed by atoms with van der Waals surface area (Å²) >= 11 is 0. The van der Waals surface area contributed by atoms with Gasteiger partial charge in [-0.1, -0.05) is 36.4 Å². The van der Waals surface area contributed by atoms with E-state index in [9.17, 15) is 13.9 Å². The molecule has 0 amide bonds. The Labute approximate surface area is 180 Å². The van der Waals surface area contributed by atoms with E-state index in [2.05, 4.69) is 25.2 Å². The molecule has 2 aliphatic heterocycles. The van der Waals surface area contributed by atoms with Crippen molar-refractivity contribution in [3.05, 3.63) is 89.0 Å². The fourth-order valence-corrected chi connectivity index (χ4v) is 4.84. The van der Waals surface area contributed by atoms with Gasteiger partial charge in [0.25, 0.3) is 0 Å². The number of aliphatic hydroxyl groups is 1. The molecule has 2 N–H and O–H groups in total. The molecule has 0 aliphatic carbocycles. The van der Waals surface area contributed by atoms with Crippen LogP contribution in [0.5, 0.6) is 5.75 Å². The Morgan fingerprint density at radius 1 is 1.00 bits per heavy atom. The van der Waals surface area contributed by atoms with Crippen LogP contribution in [0.2, 0.25) is 0 Å². The average Bonchev–Trinajstić information content (AvgIpc) is 2.67. The van der Waals surface area contributed by atoms with Crippen LogP contribution in [0.3, 0.4) is 0 Å². The number of halogens is 2. The van der Waals surface area contributed by atoms with Crippen LogP contribution < -0.4 is 10.1 Å². The molecule has 3 aromatic carbocycles. The maximum atomic E-state index is 14.7. The number of hydrogen-bond acceptors (Lipinski definition) is 3. The molecule has 2 heterocycles. The summed E-state index contributed by atoms with van der Waals surface area (Å²) in [4.78, 5) is 0. The van der Waals surface area contributed by atoms with Crippen molar-refractivity contribution in [2.75, 3.05) is 5.32 Å². The molecule has 0 fully saturated rings. The summed E-state index contributed by atoms with van der Waals surface area (Å²) in [5.41, 5.74) is 4.81. The van der Waals surface area contributed by atoms with Gasteiger partial charge in [0, 0.05) is 28.8 Å². The lowest BCUT2D eigenvalue weighted by atomic mass is 9.79. The lowest BCUT2D eigenvalue weighted by Crippen LogP contribution is -2.41. The van der Waals surface area contributed by atoms with Gasteiger partial charge in [0.15, 0.2) is 11.6 Å². The summed E-state index contributed by atoms with van der Waals surface area (Å²) < 4.78 is 34.6. The van der Waals surface area contributed by atoms with Crippen LogP contribution in [-0.2, 0) is 12.2 Å². The van der Waals surface area contributed by atoms with E-state index in [1.54, 1.807) is 24.3 Å². The summed E-state index contributed by atoms with van der Waals surface area (Å²) in [6, 6.07) is 14.6. The van der Waals surface area contributed by atoms with Gasteiger partial charge in [-0.05, 0) is 61.7 Å². The maximum absolute atomic E-state index is 14.7. The summed E-state index contributed by atoms with van der Waals surface area (Å²) in [5, 5.41) is 15.4. The van der Waals surface area contributed by atoms with E-state index in [0.717, 1.165) is 16.8 Å². The predicted octanol–water partition coefficient (Wildman–Crippen LogP) is 6.02. The van der Waals surface area contributed by atoms with Crippen molar-refractivity contribution < 1.29 is 18.6 Å². The van der Waals surface area contributed by atoms with Gasteiger partial charge in [0.2, 0.25) is 5.79 Å². The van der Waals surface area contributed by atoms with E-state index in [1.165, 1.54) is 18.2 Å². The molecule has 0 bridgehead atoms. The zero-order valence-electron chi connectivity index (χ0n) is 17.6. The highest BCUT2D eigenvalue weighted by molar-refractivity contribution is 5.90. The van der Waals surface area contributed by atoms with Crippen molar-refractivity contribution in [1.82, 2.24) is 0 Å². The SMILES string of the molecule is CC1=CC(C)(C)Nc2ccc3c(c21)C(O)(Cc1cccc(F)c1)Oc1c(F)cccc1-3. The molecule has 0 saturated heterocycles. The third-order valence-corrected chi connectivity index (χ3v) is 5.89. The van der Waals surface area contributed by atoms with Crippen molar-refractivity contribution in [3.63, 3.8) is 0 Å². The molecule has 5 heteroatoms. The number of ether oxygens (including phenoxy) is 1. The highest BCUT2D eigenvalue weighted by Gasteiger charge is 2.44. The molecule has 1 atom stereocenters. The number of rotatable bonds is 2. The van der Waals surface area contributed by atoms with Gasteiger partial charge in [-0.3, -0.25) is 0 Å². The topological polar surface area (TPSA) is 41.5 Å². The average molecular weight is 419 g/mol. The van der Waals surface area contributed by atoms with Gasteiger partial charge in [0.05, 0.1) is 5.54 Å². The van der Waals surface area contributed by atoms with Gasteiger partial charge in [-0.2, -0.15) is 0 Å². The standard InChI is InChI=1S/C26H23F2NO2/c1-15-13-25(2,3)29-21-11-10-18-19-8-5-9-20(28)24(19)31-26(30,23(18)22(15)21)14-16-6-4-7-17(27)12-16/h4-13,29-30H,14H2,1-3H3. The molecule has 5 rings (SSSR count). The Kier molecular flexibility index (Phi) is 4.25. The first-order valence-electron chi connectivity index (χ1n) is 10.3.